The zero-order valence-electron chi connectivity index (χ0n) is 28.7. The number of para-hydroxylation sites is 1. The van der Waals surface area contributed by atoms with Crippen molar-refractivity contribution in [3.63, 3.8) is 0 Å². The standard InChI is InChI=1S/C38H41AsFN7O3/c1-37(2,45-16-18-46(19-17-45)38(3)24-49-25-38)21-27(22-41)36(48)44-14-7-8-26(23-44)35-43-32(33-34(39)42-13-15-47(33)35)30-12-11-29(20-31(30)40)50-28-9-5-4-6-10-28/h4-6,9-13,15,20-21,26H,7-8,14,16-19,23-25H2,1-3H3/b27-21-/t26-/m1/s1. The van der Waals surface area contributed by atoms with E-state index >= 15 is 4.39 Å². The Morgan fingerprint density at radius 2 is 1.88 bits per heavy atom. The van der Waals surface area contributed by atoms with E-state index in [1.165, 1.54) is 6.07 Å². The van der Waals surface area contributed by atoms with Crippen LogP contribution in [0.4, 0.5) is 4.39 Å². The first-order valence-electron chi connectivity index (χ1n) is 17.2. The van der Waals surface area contributed by atoms with E-state index in [1.807, 2.05) is 47.0 Å². The minimum Gasteiger partial charge on any atom is -0.377 e. The number of imidazole rings is 1. The number of nitriles is 1. The van der Waals surface area contributed by atoms with Gasteiger partial charge >= 0.3 is 240 Å². The molecular formula is C38H41AsFN7O3. The molecule has 7 rings (SSSR count). The summed E-state index contributed by atoms with van der Waals surface area (Å²) in [5.41, 5.74) is 1.31. The molecule has 5 heterocycles. The first-order valence-corrected chi connectivity index (χ1v) is 18.1. The van der Waals surface area contributed by atoms with Crippen LogP contribution in [-0.4, -0.2) is 115 Å². The summed E-state index contributed by atoms with van der Waals surface area (Å²) in [5.74, 6) is 0.896. The van der Waals surface area contributed by atoms with E-state index < -0.39 is 11.4 Å². The molecule has 1 atom stereocenters. The molecule has 0 aliphatic carbocycles. The fourth-order valence-corrected chi connectivity index (χ4v) is 8.02. The molecule has 0 unspecified atom stereocenters. The summed E-state index contributed by atoms with van der Waals surface area (Å²) in [5, 5.41) is 10.2. The summed E-state index contributed by atoms with van der Waals surface area (Å²) in [6, 6.07) is 16.3. The molecule has 3 fully saturated rings. The number of hydrogen-bond donors (Lipinski definition) is 0. The third kappa shape index (κ3) is 6.70. The van der Waals surface area contributed by atoms with Gasteiger partial charge in [-0.05, 0) is 6.92 Å². The number of benzene rings is 2. The number of carbonyl (C=O) groups excluding carboxylic acids is 1. The molecular weight excluding hydrogens is 696 g/mol. The topological polar surface area (TPSA) is 99.2 Å². The first kappa shape index (κ1) is 34.4. The van der Waals surface area contributed by atoms with Crippen molar-refractivity contribution < 1.29 is 18.7 Å². The molecule has 3 aliphatic rings. The molecule has 1 amide bonds. The van der Waals surface area contributed by atoms with Crippen molar-refractivity contribution >= 4 is 32.8 Å². The van der Waals surface area contributed by atoms with Crippen molar-refractivity contribution in [2.45, 2.75) is 50.6 Å². The smallest absolute Gasteiger partial charge is 0.377 e. The fraction of sp³-hybridized carbons (Fsp3) is 0.421. The van der Waals surface area contributed by atoms with Crippen molar-refractivity contribution in [1.29, 1.82) is 5.26 Å². The van der Waals surface area contributed by atoms with Gasteiger partial charge in [-0.15, -0.1) is 0 Å². The zero-order chi connectivity index (χ0) is 35.0. The Balaban J connectivity index is 1.11. The molecule has 2 aromatic carbocycles. The summed E-state index contributed by atoms with van der Waals surface area (Å²) >= 11 is 2.45. The van der Waals surface area contributed by atoms with Gasteiger partial charge in [0.2, 0.25) is 0 Å². The van der Waals surface area contributed by atoms with Crippen LogP contribution in [0.15, 0.2) is 72.6 Å². The monoisotopic (exact) mass is 737 g/mol. The van der Waals surface area contributed by atoms with Gasteiger partial charge in [-0.25, -0.2) is 0 Å². The summed E-state index contributed by atoms with van der Waals surface area (Å²) < 4.78 is 29.7. The van der Waals surface area contributed by atoms with Crippen LogP contribution >= 0.6 is 0 Å². The van der Waals surface area contributed by atoms with Crippen LogP contribution in [0.2, 0.25) is 0 Å². The Kier molecular flexibility index (Phi) is 9.57. The summed E-state index contributed by atoms with van der Waals surface area (Å²) in [6.07, 6.45) is 6.94. The average molecular weight is 738 g/mol. The normalized spacial score (nSPS) is 20.4. The van der Waals surface area contributed by atoms with Gasteiger partial charge in [0.25, 0.3) is 0 Å². The molecule has 4 aromatic rings. The second-order valence-corrected chi connectivity index (χ2v) is 15.1. The number of likely N-dealkylation sites (tertiary alicyclic amines) is 1. The van der Waals surface area contributed by atoms with Crippen molar-refractivity contribution in [2.24, 2.45) is 0 Å². The van der Waals surface area contributed by atoms with Gasteiger partial charge in [0.15, 0.2) is 0 Å². The van der Waals surface area contributed by atoms with Crippen LogP contribution in [0.3, 0.4) is 0 Å². The average Bonchev–Trinajstić information content (AvgIpc) is 3.50. The van der Waals surface area contributed by atoms with E-state index in [4.69, 9.17) is 14.5 Å². The van der Waals surface area contributed by atoms with Gasteiger partial charge in [0.1, 0.15) is 0 Å². The van der Waals surface area contributed by atoms with E-state index in [-0.39, 0.29) is 22.9 Å². The van der Waals surface area contributed by atoms with Crippen LogP contribution in [-0.2, 0) is 9.53 Å². The zero-order valence-corrected chi connectivity index (χ0v) is 30.6. The van der Waals surface area contributed by atoms with Gasteiger partial charge in [-0.1, -0.05) is 0 Å². The SMILES string of the molecule is CC(C)(/C=C(/C#N)C(=O)N1CCC[C@@H](c2nc(-c3ccc(Oc4ccccc4)cc3F)c3c([As])nccn23)C1)N1CCN(C2(C)COC2)CC1. The Bertz CT molecular complexity index is 1960. The number of piperidine rings is 1. The van der Waals surface area contributed by atoms with E-state index in [1.54, 1.807) is 23.2 Å². The second kappa shape index (κ2) is 13.9. The number of rotatable bonds is 8. The maximum absolute atomic E-state index is 15.8. The third-order valence-corrected chi connectivity index (χ3v) is 11.0. The summed E-state index contributed by atoms with van der Waals surface area (Å²) in [4.78, 5) is 30.1. The van der Waals surface area contributed by atoms with Gasteiger partial charge in [0.05, 0.1) is 18.8 Å². The number of nitrogens with zero attached hydrogens (tertiary/aromatic N) is 7. The predicted molar refractivity (Wildman–Crippen MR) is 189 cm³/mol. The van der Waals surface area contributed by atoms with E-state index in [0.717, 1.165) is 58.1 Å². The van der Waals surface area contributed by atoms with Crippen molar-refractivity contribution in [3.05, 3.63) is 84.2 Å². The van der Waals surface area contributed by atoms with Crippen molar-refractivity contribution in [2.75, 3.05) is 52.5 Å². The van der Waals surface area contributed by atoms with E-state index in [2.05, 4.69) is 58.5 Å². The number of piperazine rings is 1. The van der Waals surface area contributed by atoms with Gasteiger partial charge in [-0.3, -0.25) is 4.90 Å². The Morgan fingerprint density at radius 3 is 2.56 bits per heavy atom. The van der Waals surface area contributed by atoms with E-state index in [0.29, 0.717) is 45.8 Å². The molecule has 0 spiro atoms. The molecule has 3 saturated heterocycles. The number of halogens is 1. The van der Waals surface area contributed by atoms with Crippen LogP contribution in [0.5, 0.6) is 11.5 Å². The quantitative estimate of drug-likeness (QED) is 0.149. The van der Waals surface area contributed by atoms with Crippen LogP contribution in [0.25, 0.3) is 16.8 Å². The van der Waals surface area contributed by atoms with Crippen molar-refractivity contribution in [1.82, 2.24) is 29.1 Å². The molecule has 12 heteroatoms. The number of aromatic nitrogens is 3. The predicted octanol–water partition coefficient (Wildman–Crippen LogP) is 4.46. The number of hydrogen-bond acceptors (Lipinski definition) is 8. The molecule has 50 heavy (non-hydrogen) atoms. The molecule has 3 aliphatic heterocycles. The Hall–Kier alpha value is -4.07. The van der Waals surface area contributed by atoms with Crippen LogP contribution < -0.4 is 9.22 Å². The maximum atomic E-state index is 15.8. The minimum absolute atomic E-state index is 0.107. The molecule has 10 nitrogen and oxygen atoms in total. The van der Waals surface area contributed by atoms with Gasteiger partial charge < -0.3 is 4.74 Å². The summed E-state index contributed by atoms with van der Waals surface area (Å²) in [6.45, 7) is 12.4. The van der Waals surface area contributed by atoms with Crippen LogP contribution in [0.1, 0.15) is 45.4 Å². The fourth-order valence-electron chi connectivity index (χ4n) is 7.43. The van der Waals surface area contributed by atoms with E-state index in [9.17, 15) is 10.1 Å². The number of amides is 1. The molecule has 0 N–H and O–H groups in total. The Labute approximate surface area is 301 Å². The minimum atomic E-state index is -0.470. The van der Waals surface area contributed by atoms with Crippen LogP contribution in [0, 0.1) is 17.1 Å². The molecule has 2 radical (unpaired) electrons. The number of fused-ring (bicyclic) bond motifs is 1. The third-order valence-electron chi connectivity index (χ3n) is 10.3. The first-order chi connectivity index (χ1) is 24.1. The molecule has 258 valence electrons. The number of ether oxygens (including phenoxy) is 2. The van der Waals surface area contributed by atoms with Gasteiger partial charge in [0, 0.05) is 26.2 Å². The number of carbonyl (C=O) groups is 1. The molecule has 2 aromatic heterocycles. The van der Waals surface area contributed by atoms with Crippen molar-refractivity contribution in [3.8, 4) is 28.8 Å². The van der Waals surface area contributed by atoms with Gasteiger partial charge in [-0.2, -0.15) is 0 Å². The Morgan fingerprint density at radius 1 is 1.12 bits per heavy atom. The summed E-state index contributed by atoms with van der Waals surface area (Å²) in [7, 11) is 0. The molecule has 0 saturated carbocycles. The molecule has 0 bridgehead atoms. The second-order valence-electron chi connectivity index (χ2n) is 14.2.